The summed E-state index contributed by atoms with van der Waals surface area (Å²) in [6.07, 6.45) is 3.59. The van der Waals surface area contributed by atoms with E-state index >= 15 is 0 Å². The van der Waals surface area contributed by atoms with Gasteiger partial charge in [0.2, 0.25) is 5.96 Å². The van der Waals surface area contributed by atoms with Crippen LogP contribution in [0.2, 0.25) is 0 Å². The van der Waals surface area contributed by atoms with Gasteiger partial charge in [-0.2, -0.15) is 17.0 Å². The number of methoxy groups -OCH3 is 1. The second-order valence-electron chi connectivity index (χ2n) is 3.88. The van der Waals surface area contributed by atoms with E-state index in [-0.39, 0.29) is 0 Å². The summed E-state index contributed by atoms with van der Waals surface area (Å²) >= 11 is 1.73. The van der Waals surface area contributed by atoms with Crippen LogP contribution in [0, 0.1) is 11.5 Å². The maximum Gasteiger partial charge on any atom is 0.204 e. The Hall–Kier alpha value is -2.14. The molecule has 3 N–H and O–H groups in total. The molecule has 0 aliphatic rings. The molecule has 0 bridgehead atoms. The summed E-state index contributed by atoms with van der Waals surface area (Å²) in [5.41, 5.74) is 1.84. The van der Waals surface area contributed by atoms with Crippen molar-refractivity contribution in [3.05, 3.63) is 18.0 Å². The molecule has 8 heteroatoms. The Balaban J connectivity index is 2.41. The van der Waals surface area contributed by atoms with Gasteiger partial charge in [-0.1, -0.05) is 0 Å². The van der Waals surface area contributed by atoms with Crippen molar-refractivity contribution in [2.75, 3.05) is 38.8 Å². The zero-order valence-electron chi connectivity index (χ0n) is 12.4. The van der Waals surface area contributed by atoms with Crippen molar-refractivity contribution in [1.29, 1.82) is 5.26 Å². The summed E-state index contributed by atoms with van der Waals surface area (Å²) in [7, 11) is 5.12. The summed E-state index contributed by atoms with van der Waals surface area (Å²) in [5.74, 6) is 2.87. The lowest BCUT2D eigenvalue weighted by Gasteiger charge is -2.12. The molecule has 0 atom stereocenters. The highest BCUT2D eigenvalue weighted by Gasteiger charge is 2.09. The maximum absolute atomic E-state index is 8.51. The summed E-state index contributed by atoms with van der Waals surface area (Å²) in [5, 5.41) is 17.1. The number of anilines is 1. The van der Waals surface area contributed by atoms with Gasteiger partial charge in [0.1, 0.15) is 0 Å². The van der Waals surface area contributed by atoms with Crippen LogP contribution in [-0.4, -0.2) is 44.4 Å². The predicted octanol–water partition coefficient (Wildman–Crippen LogP) is 1.01. The van der Waals surface area contributed by atoms with Crippen molar-refractivity contribution < 1.29 is 4.74 Å². The van der Waals surface area contributed by atoms with Crippen molar-refractivity contribution in [3.8, 4) is 11.9 Å². The summed E-state index contributed by atoms with van der Waals surface area (Å²) < 4.78 is 5.39. The predicted molar refractivity (Wildman–Crippen MR) is 86.6 cm³/mol. The van der Waals surface area contributed by atoms with Crippen LogP contribution in [0.15, 0.2) is 17.3 Å². The van der Waals surface area contributed by atoms with Gasteiger partial charge in [-0.05, 0) is 6.07 Å². The highest BCUT2D eigenvalue weighted by Crippen LogP contribution is 2.28. The molecule has 0 aliphatic heterocycles. The van der Waals surface area contributed by atoms with E-state index in [4.69, 9.17) is 10.00 Å². The van der Waals surface area contributed by atoms with Crippen molar-refractivity contribution >= 4 is 23.4 Å². The van der Waals surface area contributed by atoms with Gasteiger partial charge in [0, 0.05) is 38.3 Å². The quantitative estimate of drug-likeness (QED) is 0.227. The number of rotatable bonds is 7. The molecule has 0 unspecified atom stereocenters. The molecule has 0 aromatic carbocycles. The molecule has 0 spiro atoms. The van der Waals surface area contributed by atoms with Crippen molar-refractivity contribution in [1.82, 2.24) is 15.6 Å². The van der Waals surface area contributed by atoms with Crippen LogP contribution < -0.4 is 20.7 Å². The Morgan fingerprint density at radius 3 is 3.00 bits per heavy atom. The Labute approximate surface area is 129 Å². The lowest BCUT2D eigenvalue weighted by Crippen LogP contribution is -2.35. The third-order valence-corrected chi connectivity index (χ3v) is 3.60. The molecule has 21 heavy (non-hydrogen) atoms. The summed E-state index contributed by atoms with van der Waals surface area (Å²) in [6.45, 7) is 0.708. The lowest BCUT2D eigenvalue weighted by molar-refractivity contribution is 0.411. The number of nitrogens with one attached hydrogen (secondary N) is 3. The van der Waals surface area contributed by atoms with Gasteiger partial charge in [0.25, 0.3) is 0 Å². The monoisotopic (exact) mass is 308 g/mol. The van der Waals surface area contributed by atoms with Crippen molar-refractivity contribution in [2.45, 2.75) is 5.75 Å². The minimum atomic E-state index is 0.478. The molecule has 0 fully saturated rings. The molecular formula is C13H20N6OS. The Morgan fingerprint density at radius 2 is 2.38 bits per heavy atom. The molecular weight excluding hydrogens is 288 g/mol. The third kappa shape index (κ3) is 5.39. The van der Waals surface area contributed by atoms with E-state index in [0.29, 0.717) is 12.5 Å². The molecule has 0 aliphatic carbocycles. The van der Waals surface area contributed by atoms with Crippen molar-refractivity contribution in [3.63, 3.8) is 0 Å². The third-order valence-electron chi connectivity index (χ3n) is 2.63. The van der Waals surface area contributed by atoms with E-state index in [1.54, 1.807) is 32.1 Å². The number of hydrogen-bond donors (Lipinski definition) is 3. The molecule has 1 aromatic heterocycles. The van der Waals surface area contributed by atoms with E-state index in [1.807, 2.05) is 19.3 Å². The Morgan fingerprint density at radius 1 is 1.57 bits per heavy atom. The van der Waals surface area contributed by atoms with Gasteiger partial charge >= 0.3 is 0 Å². The normalized spacial score (nSPS) is 10.7. The van der Waals surface area contributed by atoms with Gasteiger partial charge < -0.3 is 15.4 Å². The van der Waals surface area contributed by atoms with Crippen LogP contribution in [0.25, 0.3) is 0 Å². The second kappa shape index (κ2) is 9.72. The number of guanidine groups is 1. The first-order valence-electron chi connectivity index (χ1n) is 6.40. The molecule has 0 saturated heterocycles. The van der Waals surface area contributed by atoms with E-state index in [9.17, 15) is 0 Å². The first-order valence-corrected chi connectivity index (χ1v) is 7.55. The van der Waals surface area contributed by atoms with Crippen LogP contribution in [0.1, 0.15) is 5.69 Å². The SMILES string of the molecule is CN=C(NC#N)NCCSCc1nccc(NC)c1OC. The molecule has 1 heterocycles. The topological polar surface area (TPSA) is 94.4 Å². The zero-order chi connectivity index (χ0) is 15.5. The number of aliphatic imine (C=N–C) groups is 1. The van der Waals surface area contributed by atoms with Crippen LogP contribution >= 0.6 is 11.8 Å². The molecule has 7 nitrogen and oxygen atoms in total. The number of hydrogen-bond acceptors (Lipinski definition) is 6. The molecule has 1 aromatic rings. The van der Waals surface area contributed by atoms with Crippen molar-refractivity contribution in [2.24, 2.45) is 4.99 Å². The largest absolute Gasteiger partial charge is 0.493 e. The fraction of sp³-hybridized carbons (Fsp3) is 0.462. The number of aromatic nitrogens is 1. The van der Waals surface area contributed by atoms with E-state index in [2.05, 4.69) is 25.9 Å². The first kappa shape index (κ1) is 16.9. The zero-order valence-corrected chi connectivity index (χ0v) is 13.3. The number of nitrogens with zero attached hydrogens (tertiary/aromatic N) is 3. The van der Waals surface area contributed by atoms with Crippen LogP contribution in [0.5, 0.6) is 5.75 Å². The first-order chi connectivity index (χ1) is 10.3. The molecule has 1 rings (SSSR count). The average Bonchev–Trinajstić information content (AvgIpc) is 2.52. The van der Waals surface area contributed by atoms with Gasteiger partial charge in [-0.3, -0.25) is 15.3 Å². The summed E-state index contributed by atoms with van der Waals surface area (Å²) in [4.78, 5) is 8.26. The minimum Gasteiger partial charge on any atom is -0.493 e. The van der Waals surface area contributed by atoms with Crippen LogP contribution in [0.3, 0.4) is 0 Å². The molecule has 114 valence electrons. The lowest BCUT2D eigenvalue weighted by atomic mass is 10.3. The number of thioether (sulfide) groups is 1. The van der Waals surface area contributed by atoms with Crippen LogP contribution in [-0.2, 0) is 5.75 Å². The fourth-order valence-corrected chi connectivity index (χ4v) is 2.45. The van der Waals surface area contributed by atoms with Gasteiger partial charge in [-0.15, -0.1) is 0 Å². The summed E-state index contributed by atoms with van der Waals surface area (Å²) in [6, 6.07) is 1.88. The minimum absolute atomic E-state index is 0.478. The molecule has 0 radical (unpaired) electrons. The maximum atomic E-state index is 8.51. The van der Waals surface area contributed by atoms with E-state index in [0.717, 1.165) is 28.6 Å². The number of pyridine rings is 1. The smallest absolute Gasteiger partial charge is 0.204 e. The van der Waals surface area contributed by atoms with Crippen LogP contribution in [0.4, 0.5) is 5.69 Å². The number of nitriles is 1. The van der Waals surface area contributed by atoms with Gasteiger partial charge in [-0.25, -0.2) is 0 Å². The molecule has 0 amide bonds. The van der Waals surface area contributed by atoms with E-state index in [1.165, 1.54) is 0 Å². The molecule has 0 saturated carbocycles. The Bertz CT molecular complexity index is 514. The van der Waals surface area contributed by atoms with E-state index < -0.39 is 0 Å². The number of ether oxygens (including phenoxy) is 1. The standard InChI is InChI=1S/C13H20N6OS/c1-15-10-4-5-17-11(12(10)20-3)8-21-7-6-18-13(16-2)19-9-14/h4-5H,6-8H2,1-3H3,(H,15,17)(H2,16,18,19). The Kier molecular flexibility index (Phi) is 7.82. The highest BCUT2D eigenvalue weighted by atomic mass is 32.2. The van der Waals surface area contributed by atoms with Gasteiger partial charge in [0.05, 0.1) is 18.5 Å². The second-order valence-corrected chi connectivity index (χ2v) is 4.98. The highest BCUT2D eigenvalue weighted by molar-refractivity contribution is 7.98. The van der Waals surface area contributed by atoms with Gasteiger partial charge in [0.15, 0.2) is 11.9 Å². The average molecular weight is 308 g/mol. The fourth-order valence-electron chi connectivity index (χ4n) is 1.66.